The molecule has 1 unspecified atom stereocenters. The van der Waals surface area contributed by atoms with Crippen molar-refractivity contribution in [2.75, 3.05) is 37.7 Å². The monoisotopic (exact) mass is 360 g/mol. The number of likely N-dealkylation sites (tertiary alicyclic amines) is 1. The summed E-state index contributed by atoms with van der Waals surface area (Å²) in [7, 11) is 0. The molecular weight excluding hydrogens is 332 g/mol. The van der Waals surface area contributed by atoms with Crippen LogP contribution in [0, 0.1) is 19.8 Å². The van der Waals surface area contributed by atoms with Crippen molar-refractivity contribution in [3.05, 3.63) is 34.9 Å². The van der Waals surface area contributed by atoms with Crippen LogP contribution in [0.4, 0.5) is 0 Å². The third-order valence-electron chi connectivity index (χ3n) is 5.06. The standard InChI is InChI=1S/C20H28N2O2S/c1-15-11-16(2)13-18(12-15)20(24)22-6-3-5-17(14-22)19(23)21-7-4-9-25-10-8-21/h11-13,17H,3-10,14H2,1-2H3. The Morgan fingerprint density at radius 1 is 0.960 bits per heavy atom. The quantitative estimate of drug-likeness (QED) is 0.814. The Kier molecular flexibility index (Phi) is 6.05. The number of amides is 2. The summed E-state index contributed by atoms with van der Waals surface area (Å²) in [4.78, 5) is 29.7. The lowest BCUT2D eigenvalue weighted by molar-refractivity contribution is -0.136. The molecule has 1 aromatic carbocycles. The Labute approximate surface area is 154 Å². The summed E-state index contributed by atoms with van der Waals surface area (Å²) in [6.45, 7) is 7.07. The Balaban J connectivity index is 1.67. The minimum absolute atomic E-state index is 0.0355. The van der Waals surface area contributed by atoms with Crippen LogP contribution in [0.5, 0.6) is 0 Å². The predicted octanol–water partition coefficient (Wildman–Crippen LogP) is 3.12. The van der Waals surface area contributed by atoms with Crippen molar-refractivity contribution >= 4 is 23.6 Å². The van der Waals surface area contributed by atoms with E-state index >= 15 is 0 Å². The summed E-state index contributed by atoms with van der Waals surface area (Å²) < 4.78 is 0. The fourth-order valence-electron chi connectivity index (χ4n) is 3.87. The van der Waals surface area contributed by atoms with Gasteiger partial charge in [0, 0.05) is 37.5 Å². The van der Waals surface area contributed by atoms with Gasteiger partial charge in [-0.3, -0.25) is 9.59 Å². The number of benzene rings is 1. The van der Waals surface area contributed by atoms with Crippen molar-refractivity contribution in [2.24, 2.45) is 5.92 Å². The van der Waals surface area contributed by atoms with Crippen LogP contribution in [0.3, 0.4) is 0 Å². The number of hydrogen-bond acceptors (Lipinski definition) is 3. The molecule has 0 aromatic heterocycles. The van der Waals surface area contributed by atoms with Gasteiger partial charge in [-0.25, -0.2) is 0 Å². The minimum atomic E-state index is -0.0355. The SMILES string of the molecule is Cc1cc(C)cc(C(=O)N2CCCC(C(=O)N3CCCSCC3)C2)c1. The highest BCUT2D eigenvalue weighted by Gasteiger charge is 2.31. The van der Waals surface area contributed by atoms with Crippen LogP contribution in [0.1, 0.15) is 40.7 Å². The average Bonchev–Trinajstić information content (AvgIpc) is 2.89. The second kappa shape index (κ2) is 8.26. The number of thioether (sulfide) groups is 1. The first-order valence-electron chi connectivity index (χ1n) is 9.28. The van der Waals surface area contributed by atoms with Crippen molar-refractivity contribution in [1.82, 2.24) is 9.80 Å². The first-order valence-corrected chi connectivity index (χ1v) is 10.4. The van der Waals surface area contributed by atoms with E-state index in [2.05, 4.69) is 6.07 Å². The van der Waals surface area contributed by atoms with Gasteiger partial charge in [0.25, 0.3) is 5.91 Å². The molecule has 25 heavy (non-hydrogen) atoms. The number of carbonyl (C=O) groups is 2. The van der Waals surface area contributed by atoms with Crippen LogP contribution in [-0.4, -0.2) is 59.3 Å². The summed E-state index contributed by atoms with van der Waals surface area (Å²) in [6, 6.07) is 5.98. The van der Waals surface area contributed by atoms with Gasteiger partial charge in [0.2, 0.25) is 5.91 Å². The third-order valence-corrected chi connectivity index (χ3v) is 6.11. The van der Waals surface area contributed by atoms with E-state index in [0.717, 1.165) is 67.1 Å². The maximum atomic E-state index is 12.9. The van der Waals surface area contributed by atoms with Crippen LogP contribution in [0.2, 0.25) is 0 Å². The highest BCUT2D eigenvalue weighted by Crippen LogP contribution is 2.23. The lowest BCUT2D eigenvalue weighted by Crippen LogP contribution is -2.47. The van der Waals surface area contributed by atoms with Crippen LogP contribution in [0.15, 0.2) is 18.2 Å². The van der Waals surface area contributed by atoms with Gasteiger partial charge in [-0.2, -0.15) is 11.8 Å². The topological polar surface area (TPSA) is 40.6 Å². The van der Waals surface area contributed by atoms with Crippen molar-refractivity contribution in [3.8, 4) is 0 Å². The molecule has 1 atom stereocenters. The van der Waals surface area contributed by atoms with E-state index in [1.54, 1.807) is 0 Å². The number of hydrogen-bond donors (Lipinski definition) is 0. The zero-order chi connectivity index (χ0) is 17.8. The molecule has 136 valence electrons. The Hall–Kier alpha value is -1.49. The van der Waals surface area contributed by atoms with Crippen LogP contribution >= 0.6 is 11.8 Å². The molecule has 0 spiro atoms. The average molecular weight is 361 g/mol. The highest BCUT2D eigenvalue weighted by atomic mass is 32.2. The normalized spacial score (nSPS) is 21.8. The molecule has 2 fully saturated rings. The van der Waals surface area contributed by atoms with Crippen molar-refractivity contribution in [1.29, 1.82) is 0 Å². The zero-order valence-electron chi connectivity index (χ0n) is 15.3. The van der Waals surface area contributed by atoms with Gasteiger partial charge in [-0.1, -0.05) is 17.2 Å². The van der Waals surface area contributed by atoms with E-state index in [1.165, 1.54) is 0 Å². The molecule has 2 saturated heterocycles. The van der Waals surface area contributed by atoms with Crippen LogP contribution < -0.4 is 0 Å². The Bertz CT molecular complexity index is 618. The van der Waals surface area contributed by atoms with Crippen molar-refractivity contribution in [3.63, 3.8) is 0 Å². The number of piperidine rings is 1. The molecule has 0 N–H and O–H groups in total. The van der Waals surface area contributed by atoms with E-state index in [9.17, 15) is 9.59 Å². The van der Waals surface area contributed by atoms with Crippen LogP contribution in [-0.2, 0) is 4.79 Å². The maximum Gasteiger partial charge on any atom is 0.253 e. The first-order chi connectivity index (χ1) is 12.0. The van der Waals surface area contributed by atoms with Gasteiger partial charge in [0.05, 0.1) is 5.92 Å². The molecule has 0 aliphatic carbocycles. The summed E-state index contributed by atoms with van der Waals surface area (Å²) in [5, 5.41) is 0. The molecule has 2 aliphatic rings. The van der Waals surface area contributed by atoms with Gasteiger partial charge in [0.1, 0.15) is 0 Å². The Morgan fingerprint density at radius 3 is 2.44 bits per heavy atom. The van der Waals surface area contributed by atoms with Crippen molar-refractivity contribution < 1.29 is 9.59 Å². The van der Waals surface area contributed by atoms with Gasteiger partial charge < -0.3 is 9.80 Å². The smallest absolute Gasteiger partial charge is 0.253 e. The van der Waals surface area contributed by atoms with Gasteiger partial charge >= 0.3 is 0 Å². The van der Waals surface area contributed by atoms with E-state index in [4.69, 9.17) is 0 Å². The summed E-state index contributed by atoms with van der Waals surface area (Å²) in [6.07, 6.45) is 2.89. The fourth-order valence-corrected chi connectivity index (χ4v) is 4.76. The van der Waals surface area contributed by atoms with E-state index in [1.807, 2.05) is 47.5 Å². The second-order valence-electron chi connectivity index (χ2n) is 7.26. The molecular formula is C20H28N2O2S. The third kappa shape index (κ3) is 4.57. The fraction of sp³-hybridized carbons (Fsp3) is 0.600. The minimum Gasteiger partial charge on any atom is -0.342 e. The lowest BCUT2D eigenvalue weighted by atomic mass is 9.95. The van der Waals surface area contributed by atoms with Crippen LogP contribution in [0.25, 0.3) is 0 Å². The summed E-state index contributed by atoms with van der Waals surface area (Å²) in [5.41, 5.74) is 2.96. The Morgan fingerprint density at radius 2 is 1.68 bits per heavy atom. The summed E-state index contributed by atoms with van der Waals surface area (Å²) >= 11 is 1.93. The predicted molar refractivity (Wildman–Crippen MR) is 103 cm³/mol. The maximum absolute atomic E-state index is 12.9. The lowest BCUT2D eigenvalue weighted by Gasteiger charge is -2.35. The number of aryl methyl sites for hydroxylation is 2. The molecule has 1 aromatic rings. The van der Waals surface area contributed by atoms with Gasteiger partial charge in [-0.05, 0) is 51.0 Å². The van der Waals surface area contributed by atoms with Crippen molar-refractivity contribution in [2.45, 2.75) is 33.1 Å². The number of nitrogens with zero attached hydrogens (tertiary/aromatic N) is 2. The molecule has 3 rings (SSSR count). The first kappa shape index (κ1) is 18.3. The van der Waals surface area contributed by atoms with Gasteiger partial charge in [-0.15, -0.1) is 0 Å². The molecule has 2 amide bonds. The molecule has 0 bridgehead atoms. The second-order valence-corrected chi connectivity index (χ2v) is 8.48. The van der Waals surface area contributed by atoms with Gasteiger partial charge in [0.15, 0.2) is 0 Å². The molecule has 4 nitrogen and oxygen atoms in total. The van der Waals surface area contributed by atoms with E-state index in [-0.39, 0.29) is 17.7 Å². The molecule has 0 radical (unpaired) electrons. The molecule has 5 heteroatoms. The largest absolute Gasteiger partial charge is 0.342 e. The number of carbonyl (C=O) groups excluding carboxylic acids is 2. The van der Waals surface area contributed by atoms with E-state index in [0.29, 0.717) is 6.54 Å². The highest BCUT2D eigenvalue weighted by molar-refractivity contribution is 7.99. The number of rotatable bonds is 2. The zero-order valence-corrected chi connectivity index (χ0v) is 16.1. The molecule has 2 aliphatic heterocycles. The summed E-state index contributed by atoms with van der Waals surface area (Å²) in [5.74, 6) is 2.46. The van der Waals surface area contributed by atoms with E-state index < -0.39 is 0 Å². The molecule has 2 heterocycles. The molecule has 0 saturated carbocycles.